The number of nitrogens with zero attached hydrogens (tertiary/aromatic N) is 5. The molecule has 0 aliphatic carbocycles. The Hall–Kier alpha value is -3.46. The predicted octanol–water partition coefficient (Wildman–Crippen LogP) is 3.22. The molecule has 4 aromatic rings. The van der Waals surface area contributed by atoms with Crippen LogP contribution in [0.25, 0.3) is 27.9 Å². The maximum atomic E-state index is 11.4. The highest BCUT2D eigenvalue weighted by Crippen LogP contribution is 2.47. The second kappa shape index (κ2) is 7.78. The van der Waals surface area contributed by atoms with Gasteiger partial charge in [-0.2, -0.15) is 10.1 Å². The number of carbonyl (C=O) groups is 1. The van der Waals surface area contributed by atoms with Crippen LogP contribution in [0.4, 0.5) is 0 Å². The molecule has 3 N–H and O–H groups in total. The number of nitrogens with one attached hydrogen (secondary N) is 1. The maximum absolute atomic E-state index is 11.4. The minimum absolute atomic E-state index is 0.0670. The lowest BCUT2D eigenvalue weighted by atomic mass is 9.74. The zero-order chi connectivity index (χ0) is 24.5. The molecule has 9 heteroatoms. The van der Waals surface area contributed by atoms with E-state index >= 15 is 0 Å². The molecular weight excluding hydrogens is 442 g/mol. The van der Waals surface area contributed by atoms with Crippen molar-refractivity contribution < 1.29 is 9.53 Å². The number of carbonyl (C=O) groups excluding carboxylic acids is 1. The van der Waals surface area contributed by atoms with Crippen molar-refractivity contribution in [2.45, 2.75) is 51.9 Å². The normalized spacial score (nSPS) is 17.5. The van der Waals surface area contributed by atoms with E-state index in [0.717, 1.165) is 65.3 Å². The summed E-state index contributed by atoms with van der Waals surface area (Å²) in [6, 6.07) is 2.31. The van der Waals surface area contributed by atoms with Crippen LogP contribution in [0.1, 0.15) is 54.9 Å². The molecule has 182 valence electrons. The van der Waals surface area contributed by atoms with Crippen LogP contribution < -0.4 is 10.5 Å². The lowest BCUT2D eigenvalue weighted by Gasteiger charge is -2.37. The van der Waals surface area contributed by atoms with Gasteiger partial charge < -0.3 is 15.5 Å². The summed E-state index contributed by atoms with van der Waals surface area (Å²) in [7, 11) is 0. The Labute approximate surface area is 203 Å². The van der Waals surface area contributed by atoms with Gasteiger partial charge in [0.2, 0.25) is 11.8 Å². The van der Waals surface area contributed by atoms with Crippen molar-refractivity contribution in [3.8, 4) is 17.1 Å². The SMILES string of the molecule is Cc1c(-c2[nH]c3nc4c(cc3c2C(C)C)C2(CCN(CC(N)=O)CC2)CO4)cn2ncnc2c1C. The van der Waals surface area contributed by atoms with E-state index in [4.69, 9.17) is 15.5 Å². The van der Waals surface area contributed by atoms with Crippen molar-refractivity contribution in [2.75, 3.05) is 26.2 Å². The lowest BCUT2D eigenvalue weighted by Crippen LogP contribution is -2.46. The predicted molar refractivity (Wildman–Crippen MR) is 134 cm³/mol. The fraction of sp³-hybridized carbons (Fsp3) is 0.462. The molecule has 1 amide bonds. The molecule has 1 saturated heterocycles. The summed E-state index contributed by atoms with van der Waals surface area (Å²) in [5.74, 6) is 0.743. The summed E-state index contributed by atoms with van der Waals surface area (Å²) in [4.78, 5) is 26.5. The number of amides is 1. The third-order valence-corrected chi connectivity index (χ3v) is 8.01. The summed E-state index contributed by atoms with van der Waals surface area (Å²) in [6.07, 6.45) is 5.51. The number of piperidine rings is 1. The first-order valence-corrected chi connectivity index (χ1v) is 12.3. The number of hydrogen-bond donors (Lipinski definition) is 2. The Balaban J connectivity index is 1.47. The van der Waals surface area contributed by atoms with E-state index < -0.39 is 0 Å². The lowest BCUT2D eigenvalue weighted by molar-refractivity contribution is -0.119. The van der Waals surface area contributed by atoms with Crippen molar-refractivity contribution >= 4 is 22.6 Å². The third-order valence-electron chi connectivity index (χ3n) is 8.01. The number of primary amides is 1. The van der Waals surface area contributed by atoms with Crippen LogP contribution in [0.2, 0.25) is 0 Å². The highest BCUT2D eigenvalue weighted by molar-refractivity contribution is 5.91. The first-order valence-electron chi connectivity index (χ1n) is 12.3. The van der Waals surface area contributed by atoms with E-state index in [0.29, 0.717) is 19.1 Å². The minimum atomic E-state index is -0.275. The number of aryl methyl sites for hydroxylation is 1. The molecular formula is C26H31N7O2. The Morgan fingerprint density at radius 3 is 2.74 bits per heavy atom. The van der Waals surface area contributed by atoms with Gasteiger partial charge in [-0.1, -0.05) is 13.8 Å². The van der Waals surface area contributed by atoms with Crippen LogP contribution >= 0.6 is 0 Å². The molecule has 6 rings (SSSR count). The van der Waals surface area contributed by atoms with Crippen molar-refractivity contribution in [3.63, 3.8) is 0 Å². The minimum Gasteiger partial charge on any atom is -0.476 e. The van der Waals surface area contributed by atoms with E-state index in [9.17, 15) is 4.79 Å². The van der Waals surface area contributed by atoms with Crippen molar-refractivity contribution in [3.05, 3.63) is 40.8 Å². The topological polar surface area (TPSA) is 114 Å². The van der Waals surface area contributed by atoms with Gasteiger partial charge in [-0.25, -0.2) is 9.50 Å². The van der Waals surface area contributed by atoms with Crippen molar-refractivity contribution in [1.29, 1.82) is 0 Å². The molecule has 0 saturated carbocycles. The quantitative estimate of drug-likeness (QED) is 0.470. The molecule has 2 aliphatic heterocycles. The Morgan fingerprint density at radius 2 is 2.03 bits per heavy atom. The van der Waals surface area contributed by atoms with E-state index in [-0.39, 0.29) is 11.3 Å². The molecule has 6 heterocycles. The van der Waals surface area contributed by atoms with Crippen LogP contribution in [0, 0.1) is 13.8 Å². The molecule has 2 aliphatic rings. The summed E-state index contributed by atoms with van der Waals surface area (Å²) in [5.41, 5.74) is 14.0. The summed E-state index contributed by atoms with van der Waals surface area (Å²) >= 11 is 0. The highest BCUT2D eigenvalue weighted by Gasteiger charge is 2.44. The molecule has 1 spiro atoms. The Morgan fingerprint density at radius 1 is 1.26 bits per heavy atom. The van der Waals surface area contributed by atoms with E-state index in [2.05, 4.69) is 59.9 Å². The maximum Gasteiger partial charge on any atom is 0.231 e. The first-order chi connectivity index (χ1) is 16.8. The summed E-state index contributed by atoms with van der Waals surface area (Å²) < 4.78 is 8.00. The number of pyridine rings is 2. The fourth-order valence-corrected chi connectivity index (χ4v) is 5.93. The van der Waals surface area contributed by atoms with Gasteiger partial charge in [0.15, 0.2) is 5.65 Å². The standard InChI is InChI=1S/C26H31N7O2/c1-14(2)21-17-9-19-25(35-12-26(19)5-7-32(8-6-26)11-20(27)34)31-23(17)30-22(21)18-10-33-24(28-13-29-33)16(4)15(18)3/h9-10,13-14H,5-8,11-12H2,1-4H3,(H2,27,34)(H,30,31). The molecule has 9 nitrogen and oxygen atoms in total. The van der Waals surface area contributed by atoms with Crippen LogP contribution in [-0.4, -0.2) is 61.6 Å². The van der Waals surface area contributed by atoms with E-state index in [1.165, 1.54) is 16.7 Å². The molecule has 35 heavy (non-hydrogen) atoms. The van der Waals surface area contributed by atoms with Gasteiger partial charge in [-0.3, -0.25) is 9.69 Å². The van der Waals surface area contributed by atoms with Gasteiger partial charge in [-0.15, -0.1) is 0 Å². The molecule has 0 aromatic carbocycles. The molecule has 1 fully saturated rings. The monoisotopic (exact) mass is 473 g/mol. The number of fused-ring (bicyclic) bond motifs is 4. The second-order valence-electron chi connectivity index (χ2n) is 10.4. The van der Waals surface area contributed by atoms with Gasteiger partial charge in [0.1, 0.15) is 12.0 Å². The fourth-order valence-electron chi connectivity index (χ4n) is 5.93. The number of ether oxygens (including phenoxy) is 1. The average molecular weight is 474 g/mol. The van der Waals surface area contributed by atoms with Gasteiger partial charge >= 0.3 is 0 Å². The van der Waals surface area contributed by atoms with Crippen LogP contribution in [-0.2, 0) is 10.2 Å². The van der Waals surface area contributed by atoms with Crippen LogP contribution in [0.15, 0.2) is 18.6 Å². The molecule has 0 unspecified atom stereocenters. The molecule has 0 radical (unpaired) electrons. The number of likely N-dealkylation sites (tertiary alicyclic amines) is 1. The number of rotatable bonds is 4. The van der Waals surface area contributed by atoms with Gasteiger partial charge in [0, 0.05) is 28.1 Å². The molecule has 0 bridgehead atoms. The Kier molecular flexibility index (Phi) is 4.90. The van der Waals surface area contributed by atoms with E-state index in [1.807, 2.05) is 4.52 Å². The third kappa shape index (κ3) is 3.32. The van der Waals surface area contributed by atoms with Crippen LogP contribution in [0.3, 0.4) is 0 Å². The smallest absolute Gasteiger partial charge is 0.231 e. The second-order valence-corrected chi connectivity index (χ2v) is 10.4. The number of nitrogens with two attached hydrogens (primary N) is 1. The number of hydrogen-bond acceptors (Lipinski definition) is 6. The van der Waals surface area contributed by atoms with Crippen molar-refractivity contribution in [2.24, 2.45) is 5.73 Å². The first kappa shape index (κ1) is 22.0. The number of aromatic amines is 1. The number of H-pyrrole nitrogens is 1. The average Bonchev–Trinajstić information content (AvgIpc) is 3.52. The zero-order valence-corrected chi connectivity index (χ0v) is 20.7. The largest absolute Gasteiger partial charge is 0.476 e. The Bertz CT molecular complexity index is 1470. The number of aromatic nitrogens is 5. The summed E-state index contributed by atoms with van der Waals surface area (Å²) in [6.45, 7) is 11.3. The molecule has 4 aromatic heterocycles. The van der Waals surface area contributed by atoms with Gasteiger partial charge in [0.05, 0.1) is 18.8 Å². The molecule has 0 atom stereocenters. The van der Waals surface area contributed by atoms with E-state index in [1.54, 1.807) is 6.33 Å². The zero-order valence-electron chi connectivity index (χ0n) is 20.7. The highest BCUT2D eigenvalue weighted by atomic mass is 16.5. The van der Waals surface area contributed by atoms with Gasteiger partial charge in [-0.05, 0) is 68.5 Å². The van der Waals surface area contributed by atoms with Crippen molar-refractivity contribution in [1.82, 2.24) is 29.5 Å². The summed E-state index contributed by atoms with van der Waals surface area (Å²) in [5, 5.41) is 5.54. The van der Waals surface area contributed by atoms with Gasteiger partial charge in [0.25, 0.3) is 0 Å². The van der Waals surface area contributed by atoms with Crippen LogP contribution in [0.5, 0.6) is 5.88 Å².